The van der Waals surface area contributed by atoms with Gasteiger partial charge in [-0.15, -0.1) is 0 Å². The van der Waals surface area contributed by atoms with Gasteiger partial charge in [-0.25, -0.2) is 0 Å². The molecule has 30 heavy (non-hydrogen) atoms. The standard InChI is InChI=1S/C26H32N2O2/c1-3-16-27(17-4-2)19-23(29)20-28-18-22(24-12-8-9-13-25(24)28)14-15-26(30)21-10-6-5-7-11-21/h5-15,18,23,29H,3-4,16-17,19-20H2,1-2H3/p+1/b15-14+/t23-/m1/s1. The highest BCUT2D eigenvalue weighted by Crippen LogP contribution is 2.23. The molecule has 158 valence electrons. The highest BCUT2D eigenvalue weighted by Gasteiger charge is 2.16. The van der Waals surface area contributed by atoms with Crippen molar-refractivity contribution in [2.45, 2.75) is 39.3 Å². The molecular weight excluding hydrogens is 372 g/mol. The molecule has 0 amide bonds. The van der Waals surface area contributed by atoms with Gasteiger partial charge in [0.25, 0.3) is 0 Å². The van der Waals surface area contributed by atoms with Crippen LogP contribution in [0.15, 0.2) is 66.9 Å². The number of carbonyl (C=O) groups excluding carboxylic acids is 1. The van der Waals surface area contributed by atoms with Crippen molar-refractivity contribution in [3.63, 3.8) is 0 Å². The Bertz CT molecular complexity index is 969. The molecule has 0 fully saturated rings. The van der Waals surface area contributed by atoms with E-state index in [2.05, 4.69) is 30.5 Å². The molecule has 1 heterocycles. The van der Waals surface area contributed by atoms with Gasteiger partial charge < -0.3 is 14.6 Å². The quantitative estimate of drug-likeness (QED) is 0.378. The lowest BCUT2D eigenvalue weighted by molar-refractivity contribution is -0.903. The predicted octanol–water partition coefficient (Wildman–Crippen LogP) is 3.60. The molecule has 0 aliphatic rings. The van der Waals surface area contributed by atoms with Crippen LogP contribution < -0.4 is 4.90 Å². The maximum atomic E-state index is 12.4. The number of aliphatic hydroxyl groups excluding tert-OH is 1. The predicted molar refractivity (Wildman–Crippen MR) is 124 cm³/mol. The molecule has 2 aromatic carbocycles. The number of para-hydroxylation sites is 1. The first-order valence-electron chi connectivity index (χ1n) is 11.0. The average molecular weight is 406 g/mol. The molecular formula is C26H33N2O2+. The minimum absolute atomic E-state index is 0.00848. The van der Waals surface area contributed by atoms with E-state index >= 15 is 0 Å². The third kappa shape index (κ3) is 5.68. The maximum Gasteiger partial charge on any atom is 0.185 e. The van der Waals surface area contributed by atoms with Gasteiger partial charge in [-0.1, -0.05) is 62.4 Å². The van der Waals surface area contributed by atoms with Crippen LogP contribution in [0.1, 0.15) is 42.6 Å². The summed E-state index contributed by atoms with van der Waals surface area (Å²) in [4.78, 5) is 13.9. The van der Waals surface area contributed by atoms with Gasteiger partial charge in [-0.2, -0.15) is 0 Å². The highest BCUT2D eigenvalue weighted by atomic mass is 16.3. The number of hydrogen-bond donors (Lipinski definition) is 2. The Hall–Kier alpha value is -2.69. The molecule has 0 aliphatic heterocycles. The molecule has 0 unspecified atom stereocenters. The number of carbonyl (C=O) groups is 1. The van der Waals surface area contributed by atoms with E-state index in [0.717, 1.165) is 48.9 Å². The lowest BCUT2D eigenvalue weighted by Gasteiger charge is -2.22. The molecule has 3 aromatic rings. The van der Waals surface area contributed by atoms with Crippen molar-refractivity contribution < 1.29 is 14.8 Å². The molecule has 0 saturated carbocycles. The van der Waals surface area contributed by atoms with Crippen molar-refractivity contribution in [3.8, 4) is 0 Å². The number of fused-ring (bicyclic) bond motifs is 1. The first kappa shape index (κ1) is 22.0. The summed E-state index contributed by atoms with van der Waals surface area (Å²) in [6.07, 6.45) is 7.40. The molecule has 1 aromatic heterocycles. The van der Waals surface area contributed by atoms with Crippen LogP contribution in [0.4, 0.5) is 0 Å². The Kier molecular flexibility index (Phi) is 8.00. The summed E-state index contributed by atoms with van der Waals surface area (Å²) in [5.41, 5.74) is 2.76. The van der Waals surface area contributed by atoms with Crippen LogP contribution in [0, 0.1) is 0 Å². The Labute approximate surface area is 179 Å². The summed E-state index contributed by atoms with van der Waals surface area (Å²) in [7, 11) is 0. The van der Waals surface area contributed by atoms with Crippen molar-refractivity contribution in [1.82, 2.24) is 4.57 Å². The molecule has 3 rings (SSSR count). The number of nitrogens with zero attached hydrogens (tertiary/aromatic N) is 1. The summed E-state index contributed by atoms with van der Waals surface area (Å²) >= 11 is 0. The normalized spacial score (nSPS) is 12.8. The molecule has 0 aliphatic carbocycles. The van der Waals surface area contributed by atoms with Gasteiger partial charge in [-0.05, 0) is 31.1 Å². The topological polar surface area (TPSA) is 46.7 Å². The fraction of sp³-hybridized carbons (Fsp3) is 0.346. The van der Waals surface area contributed by atoms with Gasteiger partial charge in [0.2, 0.25) is 0 Å². The molecule has 0 saturated heterocycles. The third-order valence-electron chi connectivity index (χ3n) is 5.43. The van der Waals surface area contributed by atoms with Gasteiger partial charge >= 0.3 is 0 Å². The van der Waals surface area contributed by atoms with Gasteiger partial charge in [0, 0.05) is 28.2 Å². The summed E-state index contributed by atoms with van der Waals surface area (Å²) in [5.74, 6) is -0.00848. The number of aliphatic hydroxyl groups is 1. The second-order valence-corrected chi connectivity index (χ2v) is 7.93. The van der Waals surface area contributed by atoms with Crippen molar-refractivity contribution in [2.24, 2.45) is 0 Å². The third-order valence-corrected chi connectivity index (χ3v) is 5.43. The van der Waals surface area contributed by atoms with E-state index in [1.54, 1.807) is 6.08 Å². The SMILES string of the molecule is CCC[NH+](CCC)C[C@@H](O)Cn1cc(/C=C/C(=O)c2ccccc2)c2ccccc21. The molecule has 4 heteroatoms. The zero-order valence-corrected chi connectivity index (χ0v) is 18.1. The largest absolute Gasteiger partial charge is 0.385 e. The Balaban J connectivity index is 1.78. The minimum Gasteiger partial charge on any atom is -0.385 e. The van der Waals surface area contributed by atoms with E-state index < -0.39 is 6.10 Å². The molecule has 4 nitrogen and oxygen atoms in total. The van der Waals surface area contributed by atoms with Crippen LogP contribution in [0.5, 0.6) is 0 Å². The number of hydrogen-bond acceptors (Lipinski definition) is 2. The smallest absolute Gasteiger partial charge is 0.185 e. The lowest BCUT2D eigenvalue weighted by Crippen LogP contribution is -3.13. The van der Waals surface area contributed by atoms with Crippen molar-refractivity contribution in [1.29, 1.82) is 0 Å². The van der Waals surface area contributed by atoms with Crippen LogP contribution in [0.25, 0.3) is 17.0 Å². The number of quaternary nitrogens is 1. The molecule has 0 radical (unpaired) electrons. The molecule has 0 spiro atoms. The van der Waals surface area contributed by atoms with E-state index in [9.17, 15) is 9.90 Å². The molecule has 0 bridgehead atoms. The Morgan fingerprint density at radius 1 is 1.03 bits per heavy atom. The number of allylic oxidation sites excluding steroid dienone is 1. The maximum absolute atomic E-state index is 12.4. The van der Waals surface area contributed by atoms with E-state index in [-0.39, 0.29) is 5.78 Å². The summed E-state index contributed by atoms with van der Waals surface area (Å²) in [6.45, 7) is 7.87. The second kappa shape index (κ2) is 10.9. The zero-order chi connectivity index (χ0) is 21.3. The van der Waals surface area contributed by atoms with Crippen LogP contribution in [-0.4, -0.2) is 41.2 Å². The van der Waals surface area contributed by atoms with Crippen molar-refractivity contribution in [3.05, 3.63) is 78.0 Å². The van der Waals surface area contributed by atoms with E-state index in [1.807, 2.05) is 54.7 Å². The molecule has 1 atom stereocenters. The number of rotatable bonds is 11. The van der Waals surface area contributed by atoms with Crippen molar-refractivity contribution in [2.75, 3.05) is 19.6 Å². The summed E-state index contributed by atoms with van der Waals surface area (Å²) in [6, 6.07) is 17.5. The van der Waals surface area contributed by atoms with Gasteiger partial charge in [0.1, 0.15) is 12.6 Å². The monoisotopic (exact) mass is 405 g/mol. The second-order valence-electron chi connectivity index (χ2n) is 7.93. The fourth-order valence-electron chi connectivity index (χ4n) is 4.08. The Morgan fingerprint density at radius 3 is 2.40 bits per heavy atom. The van der Waals surface area contributed by atoms with Crippen LogP contribution in [0.3, 0.4) is 0 Å². The fourth-order valence-corrected chi connectivity index (χ4v) is 4.08. The Morgan fingerprint density at radius 2 is 1.70 bits per heavy atom. The first-order valence-corrected chi connectivity index (χ1v) is 11.0. The van der Waals surface area contributed by atoms with E-state index in [1.165, 1.54) is 4.90 Å². The first-order chi connectivity index (χ1) is 14.6. The van der Waals surface area contributed by atoms with Crippen LogP contribution >= 0.6 is 0 Å². The zero-order valence-electron chi connectivity index (χ0n) is 18.1. The number of aromatic nitrogens is 1. The average Bonchev–Trinajstić information content (AvgIpc) is 3.10. The minimum atomic E-state index is -0.406. The number of ketones is 1. The van der Waals surface area contributed by atoms with Crippen molar-refractivity contribution >= 4 is 22.8 Å². The van der Waals surface area contributed by atoms with Gasteiger partial charge in [0.05, 0.1) is 19.6 Å². The number of nitrogens with one attached hydrogen (secondary N) is 1. The van der Waals surface area contributed by atoms with Crippen LogP contribution in [-0.2, 0) is 6.54 Å². The van der Waals surface area contributed by atoms with Gasteiger partial charge in [-0.3, -0.25) is 4.79 Å². The highest BCUT2D eigenvalue weighted by molar-refractivity contribution is 6.07. The number of benzene rings is 2. The summed E-state index contributed by atoms with van der Waals surface area (Å²) < 4.78 is 2.11. The van der Waals surface area contributed by atoms with Gasteiger partial charge in [0.15, 0.2) is 5.78 Å². The lowest BCUT2D eigenvalue weighted by atomic mass is 10.1. The summed E-state index contributed by atoms with van der Waals surface area (Å²) in [5, 5.41) is 11.8. The van der Waals surface area contributed by atoms with E-state index in [4.69, 9.17) is 0 Å². The van der Waals surface area contributed by atoms with E-state index in [0.29, 0.717) is 12.1 Å². The molecule has 2 N–H and O–H groups in total. The van der Waals surface area contributed by atoms with Crippen LogP contribution in [0.2, 0.25) is 0 Å².